The Kier molecular flexibility index (Phi) is 3.42. The highest BCUT2D eigenvalue weighted by atomic mass is 16.5. The van der Waals surface area contributed by atoms with Gasteiger partial charge in [-0.05, 0) is 48.9 Å². The molecule has 1 amide bonds. The van der Waals surface area contributed by atoms with Crippen LogP contribution in [0.4, 0.5) is 5.69 Å². The largest absolute Gasteiger partial charge is 0.399 e. The highest BCUT2D eigenvalue weighted by Crippen LogP contribution is 2.31. The number of amides is 1. The molecule has 2 unspecified atom stereocenters. The molecule has 3 rings (SSSR count). The van der Waals surface area contributed by atoms with Gasteiger partial charge < -0.3 is 15.8 Å². The van der Waals surface area contributed by atoms with Gasteiger partial charge in [-0.1, -0.05) is 6.07 Å². The van der Waals surface area contributed by atoms with Crippen molar-refractivity contribution in [1.29, 1.82) is 0 Å². The van der Waals surface area contributed by atoms with E-state index in [4.69, 9.17) is 10.5 Å². The minimum Gasteiger partial charge on any atom is -0.399 e. The summed E-state index contributed by atoms with van der Waals surface area (Å²) in [6, 6.07) is 6.14. The molecule has 1 aromatic rings. The van der Waals surface area contributed by atoms with Gasteiger partial charge in [0.15, 0.2) is 0 Å². The van der Waals surface area contributed by atoms with Crippen LogP contribution in [0, 0.1) is 5.92 Å². The Morgan fingerprint density at radius 2 is 2.26 bits per heavy atom. The lowest BCUT2D eigenvalue weighted by molar-refractivity contribution is -0.125. The molecule has 19 heavy (non-hydrogen) atoms. The summed E-state index contributed by atoms with van der Waals surface area (Å²) < 4.78 is 5.28. The maximum atomic E-state index is 12.2. The number of benzene rings is 1. The number of nitrogens with one attached hydrogen (secondary N) is 1. The molecule has 1 heterocycles. The van der Waals surface area contributed by atoms with E-state index < -0.39 is 0 Å². The van der Waals surface area contributed by atoms with Crippen LogP contribution in [0.1, 0.15) is 36.4 Å². The second kappa shape index (κ2) is 5.21. The maximum absolute atomic E-state index is 12.2. The fourth-order valence-electron chi connectivity index (χ4n) is 3.02. The Morgan fingerprint density at radius 3 is 3.05 bits per heavy atom. The standard InChI is InChI=1S/C15H20N2O2/c16-12-4-5-13-10(8-12)2-1-3-14(13)17-15(18)11-6-7-19-9-11/h4-5,8,11,14H,1-3,6-7,9,16H2,(H,17,18). The summed E-state index contributed by atoms with van der Waals surface area (Å²) in [7, 11) is 0. The van der Waals surface area contributed by atoms with E-state index in [2.05, 4.69) is 11.4 Å². The smallest absolute Gasteiger partial charge is 0.226 e. The number of ether oxygens (including phenoxy) is 1. The predicted molar refractivity (Wildman–Crippen MR) is 73.6 cm³/mol. The van der Waals surface area contributed by atoms with E-state index in [9.17, 15) is 4.79 Å². The fraction of sp³-hybridized carbons (Fsp3) is 0.533. The number of nitrogens with two attached hydrogens (primary N) is 1. The molecule has 1 saturated heterocycles. The maximum Gasteiger partial charge on any atom is 0.226 e. The van der Waals surface area contributed by atoms with Gasteiger partial charge >= 0.3 is 0 Å². The van der Waals surface area contributed by atoms with Crippen molar-refractivity contribution in [1.82, 2.24) is 5.32 Å². The minimum atomic E-state index is 0.0270. The molecule has 102 valence electrons. The number of anilines is 1. The molecule has 0 bridgehead atoms. The Bertz CT molecular complexity index is 481. The van der Waals surface area contributed by atoms with E-state index in [1.54, 1.807) is 0 Å². The van der Waals surface area contributed by atoms with Crippen molar-refractivity contribution in [2.45, 2.75) is 31.7 Å². The van der Waals surface area contributed by atoms with Crippen LogP contribution in [-0.4, -0.2) is 19.1 Å². The fourth-order valence-corrected chi connectivity index (χ4v) is 3.02. The van der Waals surface area contributed by atoms with E-state index in [0.717, 1.165) is 31.4 Å². The molecule has 0 spiro atoms. The lowest BCUT2D eigenvalue weighted by Crippen LogP contribution is -2.35. The molecule has 1 aromatic carbocycles. The van der Waals surface area contributed by atoms with Crippen molar-refractivity contribution >= 4 is 11.6 Å². The first-order chi connectivity index (χ1) is 9.24. The third-order valence-electron chi connectivity index (χ3n) is 4.10. The van der Waals surface area contributed by atoms with Crippen LogP contribution in [0.5, 0.6) is 0 Å². The second-order valence-corrected chi connectivity index (χ2v) is 5.47. The first kappa shape index (κ1) is 12.5. The van der Waals surface area contributed by atoms with E-state index in [1.165, 1.54) is 11.1 Å². The molecule has 3 N–H and O–H groups in total. The van der Waals surface area contributed by atoms with Crippen molar-refractivity contribution < 1.29 is 9.53 Å². The Hall–Kier alpha value is -1.55. The number of rotatable bonds is 2. The Labute approximate surface area is 113 Å². The van der Waals surface area contributed by atoms with Crippen LogP contribution in [0.15, 0.2) is 18.2 Å². The van der Waals surface area contributed by atoms with Crippen LogP contribution in [0.3, 0.4) is 0 Å². The number of carbonyl (C=O) groups excluding carboxylic acids is 1. The van der Waals surface area contributed by atoms with E-state index in [-0.39, 0.29) is 17.9 Å². The number of hydrogen-bond donors (Lipinski definition) is 2. The zero-order valence-corrected chi connectivity index (χ0v) is 11.0. The summed E-state index contributed by atoms with van der Waals surface area (Å²) in [6.07, 6.45) is 4.01. The van der Waals surface area contributed by atoms with Gasteiger partial charge in [-0.2, -0.15) is 0 Å². The van der Waals surface area contributed by atoms with Crippen LogP contribution < -0.4 is 11.1 Å². The SMILES string of the molecule is Nc1ccc2c(c1)CCCC2NC(=O)C1CCOC1. The summed E-state index contributed by atoms with van der Waals surface area (Å²) in [4.78, 5) is 12.2. The minimum absolute atomic E-state index is 0.0270. The molecular weight excluding hydrogens is 240 g/mol. The molecule has 2 aliphatic rings. The number of fused-ring (bicyclic) bond motifs is 1. The van der Waals surface area contributed by atoms with Gasteiger partial charge in [-0.25, -0.2) is 0 Å². The normalized spacial score (nSPS) is 25.9. The van der Waals surface area contributed by atoms with E-state index >= 15 is 0 Å². The topological polar surface area (TPSA) is 64.3 Å². The van der Waals surface area contributed by atoms with Gasteiger partial charge in [0.1, 0.15) is 0 Å². The second-order valence-electron chi connectivity index (χ2n) is 5.47. The summed E-state index contributed by atoms with van der Waals surface area (Å²) in [6.45, 7) is 1.27. The zero-order chi connectivity index (χ0) is 13.2. The summed E-state index contributed by atoms with van der Waals surface area (Å²) in [5.74, 6) is 0.159. The highest BCUT2D eigenvalue weighted by molar-refractivity contribution is 5.79. The van der Waals surface area contributed by atoms with Crippen LogP contribution >= 0.6 is 0 Å². The van der Waals surface area contributed by atoms with Crippen molar-refractivity contribution in [3.05, 3.63) is 29.3 Å². The Morgan fingerprint density at radius 1 is 1.37 bits per heavy atom. The number of carbonyl (C=O) groups is 1. The predicted octanol–water partition coefficient (Wildman–Crippen LogP) is 1.80. The number of hydrogen-bond acceptors (Lipinski definition) is 3. The van der Waals surface area contributed by atoms with E-state index in [0.29, 0.717) is 13.2 Å². The molecule has 4 heteroatoms. The third kappa shape index (κ3) is 2.59. The third-order valence-corrected chi connectivity index (χ3v) is 4.10. The monoisotopic (exact) mass is 260 g/mol. The van der Waals surface area contributed by atoms with Crippen LogP contribution in [0.25, 0.3) is 0 Å². The molecule has 1 fully saturated rings. The molecule has 1 aliphatic heterocycles. The van der Waals surface area contributed by atoms with Crippen molar-refractivity contribution in [3.8, 4) is 0 Å². The highest BCUT2D eigenvalue weighted by Gasteiger charge is 2.27. The van der Waals surface area contributed by atoms with Gasteiger partial charge in [-0.15, -0.1) is 0 Å². The van der Waals surface area contributed by atoms with Gasteiger partial charge in [0.05, 0.1) is 18.6 Å². The van der Waals surface area contributed by atoms with Crippen molar-refractivity contribution in [2.75, 3.05) is 18.9 Å². The van der Waals surface area contributed by atoms with Gasteiger partial charge in [0, 0.05) is 12.3 Å². The zero-order valence-electron chi connectivity index (χ0n) is 11.0. The molecule has 0 aromatic heterocycles. The lowest BCUT2D eigenvalue weighted by atomic mass is 9.87. The first-order valence-electron chi connectivity index (χ1n) is 7.00. The van der Waals surface area contributed by atoms with Crippen molar-refractivity contribution in [2.24, 2.45) is 5.92 Å². The lowest BCUT2D eigenvalue weighted by Gasteiger charge is -2.27. The molecule has 2 atom stereocenters. The Balaban J connectivity index is 1.74. The number of aryl methyl sites for hydroxylation is 1. The van der Waals surface area contributed by atoms with E-state index in [1.807, 2.05) is 12.1 Å². The summed E-state index contributed by atoms with van der Waals surface area (Å²) >= 11 is 0. The summed E-state index contributed by atoms with van der Waals surface area (Å²) in [5, 5.41) is 3.18. The van der Waals surface area contributed by atoms with Crippen LogP contribution in [-0.2, 0) is 16.0 Å². The molecular formula is C15H20N2O2. The van der Waals surface area contributed by atoms with Gasteiger partial charge in [-0.3, -0.25) is 4.79 Å². The van der Waals surface area contributed by atoms with Gasteiger partial charge in [0.2, 0.25) is 5.91 Å². The molecule has 1 aliphatic carbocycles. The van der Waals surface area contributed by atoms with Crippen LogP contribution in [0.2, 0.25) is 0 Å². The molecule has 0 saturated carbocycles. The number of nitrogen functional groups attached to an aromatic ring is 1. The molecule has 4 nitrogen and oxygen atoms in total. The van der Waals surface area contributed by atoms with Gasteiger partial charge in [0.25, 0.3) is 0 Å². The van der Waals surface area contributed by atoms with Crippen molar-refractivity contribution in [3.63, 3.8) is 0 Å². The first-order valence-corrected chi connectivity index (χ1v) is 7.00. The average Bonchev–Trinajstić information content (AvgIpc) is 2.92. The summed E-state index contributed by atoms with van der Waals surface area (Å²) in [5.41, 5.74) is 9.13. The average molecular weight is 260 g/mol. The quantitative estimate of drug-likeness (QED) is 0.797. The molecule has 0 radical (unpaired) electrons.